The lowest BCUT2D eigenvalue weighted by Gasteiger charge is -2.20. The third-order valence-electron chi connectivity index (χ3n) is 5.35. The minimum Gasteiger partial charge on any atom is -0.486 e. The first-order chi connectivity index (χ1) is 14.7. The van der Waals surface area contributed by atoms with Crippen LogP contribution in [0.15, 0.2) is 41.3 Å². The van der Waals surface area contributed by atoms with E-state index in [0.717, 1.165) is 47.2 Å². The molecule has 0 saturated heterocycles. The molecule has 2 aliphatic rings. The van der Waals surface area contributed by atoms with Crippen LogP contribution < -0.4 is 14.8 Å². The molecule has 0 atom stereocenters. The van der Waals surface area contributed by atoms with Crippen LogP contribution in [-0.4, -0.2) is 29.9 Å². The van der Waals surface area contributed by atoms with Gasteiger partial charge in [-0.1, -0.05) is 17.7 Å². The van der Waals surface area contributed by atoms with Crippen molar-refractivity contribution >= 4 is 45.9 Å². The van der Waals surface area contributed by atoms with Crippen molar-refractivity contribution < 1.29 is 14.3 Å². The Bertz CT molecular complexity index is 1140. The molecule has 0 bridgehead atoms. The van der Waals surface area contributed by atoms with Gasteiger partial charge in [-0.05, 0) is 55.5 Å². The number of fused-ring (bicyclic) bond motifs is 3. The fraction of sp³-hybridized carbons (Fsp3) is 0.304. The van der Waals surface area contributed by atoms with Crippen LogP contribution in [0.1, 0.15) is 24.1 Å². The number of aromatic nitrogens is 1. The molecule has 1 aliphatic carbocycles. The standard InChI is InChI=1S/C23H21ClN2O3S/c24-14-5-7-17-19(11-14)26-18-4-2-1-3-16(18)23(17)30-13-22(27)25-15-6-8-20-21(12-15)29-10-9-28-20/h5-8,11-12H,1-4,9-10,13H2,(H,25,27). The van der Waals surface area contributed by atoms with Gasteiger partial charge in [0.05, 0.1) is 11.3 Å². The van der Waals surface area contributed by atoms with Gasteiger partial charge in [0, 0.05) is 32.8 Å². The second-order valence-electron chi connectivity index (χ2n) is 7.43. The van der Waals surface area contributed by atoms with E-state index < -0.39 is 0 Å². The lowest BCUT2D eigenvalue weighted by atomic mass is 9.94. The minimum absolute atomic E-state index is 0.0554. The quantitative estimate of drug-likeness (QED) is 0.560. The van der Waals surface area contributed by atoms with Crippen LogP contribution in [-0.2, 0) is 17.6 Å². The molecular formula is C23H21ClN2O3S. The van der Waals surface area contributed by atoms with Crippen molar-refractivity contribution in [2.75, 3.05) is 24.3 Å². The number of benzene rings is 2. The summed E-state index contributed by atoms with van der Waals surface area (Å²) in [6.45, 7) is 1.06. The van der Waals surface area contributed by atoms with Crippen molar-refractivity contribution in [1.29, 1.82) is 0 Å². The van der Waals surface area contributed by atoms with Crippen LogP contribution in [0, 0.1) is 0 Å². The predicted molar refractivity (Wildman–Crippen MR) is 120 cm³/mol. The molecule has 30 heavy (non-hydrogen) atoms. The summed E-state index contributed by atoms with van der Waals surface area (Å²) in [5.41, 5.74) is 4.04. The van der Waals surface area contributed by atoms with Crippen LogP contribution in [0.5, 0.6) is 11.5 Å². The summed E-state index contributed by atoms with van der Waals surface area (Å²) < 4.78 is 11.1. The van der Waals surface area contributed by atoms with E-state index in [1.165, 1.54) is 5.56 Å². The highest BCUT2D eigenvalue weighted by Crippen LogP contribution is 2.37. The van der Waals surface area contributed by atoms with Crippen LogP contribution in [0.25, 0.3) is 10.9 Å². The van der Waals surface area contributed by atoms with Gasteiger partial charge in [0.1, 0.15) is 13.2 Å². The number of aryl methyl sites for hydroxylation is 1. The number of nitrogens with one attached hydrogen (secondary N) is 1. The van der Waals surface area contributed by atoms with E-state index in [4.69, 9.17) is 26.1 Å². The molecule has 0 unspecified atom stereocenters. The second-order valence-corrected chi connectivity index (χ2v) is 8.85. The van der Waals surface area contributed by atoms with Crippen LogP contribution >= 0.6 is 23.4 Å². The number of hydrogen-bond donors (Lipinski definition) is 1. The van der Waals surface area contributed by atoms with Crippen molar-refractivity contribution in [1.82, 2.24) is 4.98 Å². The molecule has 0 spiro atoms. The van der Waals surface area contributed by atoms with Crippen molar-refractivity contribution in [3.8, 4) is 11.5 Å². The number of ether oxygens (including phenoxy) is 2. The Hall–Kier alpha value is -2.44. The maximum absolute atomic E-state index is 12.7. The molecule has 2 heterocycles. The molecule has 154 valence electrons. The van der Waals surface area contributed by atoms with E-state index in [1.54, 1.807) is 11.8 Å². The fourth-order valence-electron chi connectivity index (χ4n) is 3.98. The molecule has 0 saturated carbocycles. The Morgan fingerprint density at radius 1 is 1.07 bits per heavy atom. The van der Waals surface area contributed by atoms with Gasteiger partial charge in [-0.3, -0.25) is 9.78 Å². The molecule has 5 nitrogen and oxygen atoms in total. The Labute approximate surface area is 184 Å². The van der Waals surface area contributed by atoms with Crippen molar-refractivity contribution in [3.63, 3.8) is 0 Å². The summed E-state index contributed by atoms with van der Waals surface area (Å²) in [7, 11) is 0. The molecule has 1 N–H and O–H groups in total. The smallest absolute Gasteiger partial charge is 0.234 e. The summed E-state index contributed by atoms with van der Waals surface area (Å²) in [5, 5.41) is 4.71. The highest BCUT2D eigenvalue weighted by Gasteiger charge is 2.20. The molecule has 0 radical (unpaired) electrons. The number of hydrogen-bond acceptors (Lipinski definition) is 5. The summed E-state index contributed by atoms with van der Waals surface area (Å²) in [5.74, 6) is 1.64. The molecular weight excluding hydrogens is 420 g/mol. The van der Waals surface area contributed by atoms with Gasteiger partial charge in [-0.15, -0.1) is 11.8 Å². The highest BCUT2D eigenvalue weighted by molar-refractivity contribution is 8.00. The van der Waals surface area contributed by atoms with Gasteiger partial charge >= 0.3 is 0 Å². The van der Waals surface area contributed by atoms with E-state index >= 15 is 0 Å². The SMILES string of the molecule is O=C(CSc1c2c(nc3cc(Cl)ccc13)CCCC2)Nc1ccc2c(c1)OCCO2. The molecule has 5 rings (SSSR count). The maximum atomic E-state index is 12.7. The largest absolute Gasteiger partial charge is 0.486 e. The summed E-state index contributed by atoms with van der Waals surface area (Å²) in [6.07, 6.45) is 4.30. The molecule has 7 heteroatoms. The molecule has 1 aliphatic heterocycles. The van der Waals surface area contributed by atoms with Crippen LogP contribution in [0.4, 0.5) is 5.69 Å². The van der Waals surface area contributed by atoms with Gasteiger partial charge in [-0.25, -0.2) is 0 Å². The predicted octanol–water partition coefficient (Wildman–Crippen LogP) is 5.27. The third-order valence-corrected chi connectivity index (χ3v) is 6.74. The molecule has 1 aromatic heterocycles. The Morgan fingerprint density at radius 2 is 1.90 bits per heavy atom. The highest BCUT2D eigenvalue weighted by atomic mass is 35.5. The minimum atomic E-state index is -0.0554. The van der Waals surface area contributed by atoms with Crippen molar-refractivity contribution in [3.05, 3.63) is 52.7 Å². The van der Waals surface area contributed by atoms with Gasteiger partial charge in [0.15, 0.2) is 11.5 Å². The topological polar surface area (TPSA) is 60.5 Å². The van der Waals surface area contributed by atoms with Gasteiger partial charge < -0.3 is 14.8 Å². The average molecular weight is 441 g/mol. The van der Waals surface area contributed by atoms with Gasteiger partial charge in [0.25, 0.3) is 0 Å². The number of amides is 1. The number of carbonyl (C=O) groups is 1. The second kappa shape index (κ2) is 8.36. The van der Waals surface area contributed by atoms with Crippen LogP contribution in [0.2, 0.25) is 5.02 Å². The zero-order chi connectivity index (χ0) is 20.5. The Balaban J connectivity index is 1.36. The third kappa shape index (κ3) is 3.94. The molecule has 0 fully saturated rings. The zero-order valence-electron chi connectivity index (χ0n) is 16.4. The van der Waals surface area contributed by atoms with E-state index in [-0.39, 0.29) is 5.91 Å². The summed E-state index contributed by atoms with van der Waals surface area (Å²) in [4.78, 5) is 18.7. The molecule has 1 amide bonds. The first-order valence-corrected chi connectivity index (χ1v) is 11.5. The number of carbonyl (C=O) groups excluding carboxylic acids is 1. The zero-order valence-corrected chi connectivity index (χ0v) is 17.9. The van der Waals surface area contributed by atoms with Gasteiger partial charge in [0.2, 0.25) is 5.91 Å². The maximum Gasteiger partial charge on any atom is 0.234 e. The normalized spacial score (nSPS) is 15.0. The summed E-state index contributed by atoms with van der Waals surface area (Å²) >= 11 is 7.77. The number of pyridine rings is 1. The van der Waals surface area contributed by atoms with Crippen molar-refractivity contribution in [2.45, 2.75) is 30.6 Å². The number of nitrogens with zero attached hydrogens (tertiary/aromatic N) is 1. The van der Waals surface area contributed by atoms with E-state index in [9.17, 15) is 4.79 Å². The fourth-order valence-corrected chi connectivity index (χ4v) is 5.21. The lowest BCUT2D eigenvalue weighted by molar-refractivity contribution is -0.113. The Kier molecular flexibility index (Phi) is 5.44. The first kappa shape index (κ1) is 19.5. The lowest BCUT2D eigenvalue weighted by Crippen LogP contribution is -2.17. The summed E-state index contributed by atoms with van der Waals surface area (Å²) in [6, 6.07) is 11.3. The van der Waals surface area contributed by atoms with E-state index in [0.29, 0.717) is 41.2 Å². The Morgan fingerprint density at radius 3 is 2.80 bits per heavy atom. The average Bonchev–Trinajstić information content (AvgIpc) is 2.76. The molecule has 3 aromatic rings. The number of anilines is 1. The van der Waals surface area contributed by atoms with Gasteiger partial charge in [-0.2, -0.15) is 0 Å². The van der Waals surface area contributed by atoms with E-state index in [1.807, 2.05) is 36.4 Å². The van der Waals surface area contributed by atoms with Crippen LogP contribution in [0.3, 0.4) is 0 Å². The monoisotopic (exact) mass is 440 g/mol. The number of halogens is 1. The molecule has 2 aromatic carbocycles. The number of rotatable bonds is 4. The number of thioether (sulfide) groups is 1. The first-order valence-electron chi connectivity index (χ1n) is 10.1. The van der Waals surface area contributed by atoms with Crippen molar-refractivity contribution in [2.24, 2.45) is 0 Å². The van der Waals surface area contributed by atoms with E-state index in [2.05, 4.69) is 5.32 Å².